The van der Waals surface area contributed by atoms with Gasteiger partial charge in [0.05, 0.1) is 62.3 Å². The summed E-state index contributed by atoms with van der Waals surface area (Å²) < 4.78 is 34.7. The topological polar surface area (TPSA) is 75.6 Å². The van der Waals surface area contributed by atoms with Crippen molar-refractivity contribution in [2.24, 2.45) is 0 Å². The number of aliphatic hydroxyl groups is 1. The fourth-order valence-electron chi connectivity index (χ4n) is 5.20. The number of ether oxygens (including phenoxy) is 6. The van der Waals surface area contributed by atoms with Gasteiger partial charge < -0.3 is 38.0 Å². The van der Waals surface area contributed by atoms with Crippen LogP contribution in [-0.4, -0.2) is 85.1 Å². The second-order valence-corrected chi connectivity index (χ2v) is 9.38. The van der Waals surface area contributed by atoms with E-state index in [1.54, 1.807) is 35.5 Å². The molecule has 1 aliphatic heterocycles. The molecule has 8 nitrogen and oxygen atoms in total. The molecule has 36 heavy (non-hydrogen) atoms. The Balaban J connectivity index is 1.98. The molecule has 2 aromatic rings. The SMILES string of the molecule is COc1cc2c(cc1OC)[C@@H](Cc1cc(OC)c(OC)c(OC)c1)[N+](C)(CCCOCCCO)CC2. The first kappa shape index (κ1) is 27.9. The predicted octanol–water partition coefficient (Wildman–Crippen LogP) is 3.81. The number of fused-ring (bicyclic) bond motifs is 1. The maximum Gasteiger partial charge on any atom is 0.203 e. The van der Waals surface area contributed by atoms with Crippen molar-refractivity contribution in [3.05, 3.63) is 41.0 Å². The Kier molecular flexibility index (Phi) is 10.1. The molecule has 200 valence electrons. The predicted molar refractivity (Wildman–Crippen MR) is 139 cm³/mol. The van der Waals surface area contributed by atoms with Gasteiger partial charge in [-0.1, -0.05) is 0 Å². The molecule has 1 aliphatic rings. The van der Waals surface area contributed by atoms with E-state index in [2.05, 4.69) is 19.2 Å². The number of likely N-dealkylation sites (N-methyl/N-ethyl adjacent to an activating group) is 1. The van der Waals surface area contributed by atoms with Crippen LogP contribution in [0.4, 0.5) is 0 Å². The quantitative estimate of drug-likeness (QED) is 0.310. The van der Waals surface area contributed by atoms with Crippen LogP contribution in [0.2, 0.25) is 0 Å². The third-order valence-electron chi connectivity index (χ3n) is 7.21. The second-order valence-electron chi connectivity index (χ2n) is 9.38. The van der Waals surface area contributed by atoms with E-state index in [-0.39, 0.29) is 12.6 Å². The van der Waals surface area contributed by atoms with Crippen molar-refractivity contribution in [1.82, 2.24) is 0 Å². The van der Waals surface area contributed by atoms with Gasteiger partial charge in [0.1, 0.15) is 6.04 Å². The fourth-order valence-corrected chi connectivity index (χ4v) is 5.20. The number of methoxy groups -OCH3 is 5. The van der Waals surface area contributed by atoms with Crippen LogP contribution >= 0.6 is 0 Å². The summed E-state index contributed by atoms with van der Waals surface area (Å²) in [7, 11) is 10.6. The van der Waals surface area contributed by atoms with Crippen LogP contribution in [-0.2, 0) is 17.6 Å². The Morgan fingerprint density at radius 1 is 0.806 bits per heavy atom. The fraction of sp³-hybridized carbons (Fsp3) is 0.571. The molecular weight excluding hydrogens is 462 g/mol. The number of benzene rings is 2. The lowest BCUT2D eigenvalue weighted by molar-refractivity contribution is -0.941. The molecule has 0 fully saturated rings. The first-order chi connectivity index (χ1) is 17.4. The van der Waals surface area contributed by atoms with Crippen molar-refractivity contribution in [2.45, 2.75) is 31.7 Å². The van der Waals surface area contributed by atoms with Crippen molar-refractivity contribution < 1.29 is 38.0 Å². The second kappa shape index (κ2) is 13.0. The van der Waals surface area contributed by atoms with E-state index in [0.29, 0.717) is 36.9 Å². The number of hydrogen-bond acceptors (Lipinski definition) is 7. The maximum atomic E-state index is 9.00. The lowest BCUT2D eigenvalue weighted by atomic mass is 9.86. The van der Waals surface area contributed by atoms with Gasteiger partial charge in [-0.2, -0.15) is 0 Å². The van der Waals surface area contributed by atoms with E-state index in [1.807, 2.05) is 12.1 Å². The minimum Gasteiger partial charge on any atom is -0.493 e. The molecule has 8 heteroatoms. The highest BCUT2D eigenvalue weighted by Gasteiger charge is 2.40. The summed E-state index contributed by atoms with van der Waals surface area (Å²) in [6.45, 7) is 3.42. The molecule has 3 rings (SSSR count). The summed E-state index contributed by atoms with van der Waals surface area (Å²) in [6.07, 6.45) is 3.37. The van der Waals surface area contributed by atoms with Crippen LogP contribution in [0.15, 0.2) is 24.3 Å². The van der Waals surface area contributed by atoms with Gasteiger partial charge in [-0.3, -0.25) is 0 Å². The summed E-state index contributed by atoms with van der Waals surface area (Å²) in [4.78, 5) is 0. The molecule has 0 radical (unpaired) electrons. The van der Waals surface area contributed by atoms with E-state index in [1.165, 1.54) is 11.1 Å². The van der Waals surface area contributed by atoms with Crippen LogP contribution in [0.3, 0.4) is 0 Å². The summed E-state index contributed by atoms with van der Waals surface area (Å²) >= 11 is 0. The van der Waals surface area contributed by atoms with E-state index in [9.17, 15) is 0 Å². The molecule has 0 spiro atoms. The molecule has 1 unspecified atom stereocenters. The maximum absolute atomic E-state index is 9.00. The molecule has 0 saturated heterocycles. The third-order valence-corrected chi connectivity index (χ3v) is 7.21. The standard InChI is InChI=1S/C28H42NO7/c1-29(10-7-13-36-14-8-12-30)11-9-21-18-24(31-2)25(32-3)19-22(21)23(29)15-20-16-26(33-4)28(35-6)27(17-20)34-5/h16-19,23,30H,7-15H2,1-6H3/q+1/t23-,29?/m1/s1. The van der Waals surface area contributed by atoms with E-state index in [4.69, 9.17) is 33.5 Å². The number of nitrogens with zero attached hydrogens (tertiary/aromatic N) is 1. The summed E-state index contributed by atoms with van der Waals surface area (Å²) in [5.41, 5.74) is 3.68. The Bertz CT molecular complexity index is 971. The lowest BCUT2D eigenvalue weighted by Gasteiger charge is -2.46. The Morgan fingerprint density at radius 3 is 2.00 bits per heavy atom. The molecule has 1 heterocycles. The first-order valence-corrected chi connectivity index (χ1v) is 12.5. The molecule has 0 amide bonds. The number of rotatable bonds is 14. The number of quaternary nitrogens is 1. The Labute approximate surface area is 215 Å². The van der Waals surface area contributed by atoms with E-state index >= 15 is 0 Å². The van der Waals surface area contributed by atoms with Gasteiger partial charge in [0.25, 0.3) is 0 Å². The zero-order valence-electron chi connectivity index (χ0n) is 22.6. The average Bonchev–Trinajstić information content (AvgIpc) is 2.90. The number of aliphatic hydroxyl groups excluding tert-OH is 1. The van der Waals surface area contributed by atoms with Gasteiger partial charge >= 0.3 is 0 Å². The van der Waals surface area contributed by atoms with Gasteiger partial charge in [-0.05, 0) is 41.8 Å². The Morgan fingerprint density at radius 2 is 1.42 bits per heavy atom. The van der Waals surface area contributed by atoms with Crippen LogP contribution in [0, 0.1) is 0 Å². The average molecular weight is 505 g/mol. The van der Waals surface area contributed by atoms with Gasteiger partial charge in [0, 0.05) is 38.0 Å². The monoisotopic (exact) mass is 504 g/mol. The Hall–Kier alpha value is -2.68. The first-order valence-electron chi connectivity index (χ1n) is 12.5. The van der Waals surface area contributed by atoms with Crippen LogP contribution in [0.1, 0.15) is 35.6 Å². The minimum atomic E-state index is 0.159. The highest BCUT2D eigenvalue weighted by Crippen LogP contribution is 2.44. The highest BCUT2D eigenvalue weighted by atomic mass is 16.5. The normalized spacial score (nSPS) is 18.9. The van der Waals surface area contributed by atoms with E-state index in [0.717, 1.165) is 53.9 Å². The summed E-state index contributed by atoms with van der Waals surface area (Å²) in [5, 5.41) is 9.00. The zero-order valence-corrected chi connectivity index (χ0v) is 22.6. The van der Waals surface area contributed by atoms with Crippen molar-refractivity contribution in [3.63, 3.8) is 0 Å². The van der Waals surface area contributed by atoms with Gasteiger partial charge in [-0.25, -0.2) is 0 Å². The smallest absolute Gasteiger partial charge is 0.203 e. The van der Waals surface area contributed by atoms with Crippen LogP contribution in [0.5, 0.6) is 28.7 Å². The molecule has 1 N–H and O–H groups in total. The molecule has 2 aromatic carbocycles. The van der Waals surface area contributed by atoms with Crippen molar-refractivity contribution in [1.29, 1.82) is 0 Å². The molecule has 2 atom stereocenters. The van der Waals surface area contributed by atoms with Crippen LogP contribution in [0.25, 0.3) is 0 Å². The highest BCUT2D eigenvalue weighted by molar-refractivity contribution is 5.54. The van der Waals surface area contributed by atoms with Crippen molar-refractivity contribution in [3.8, 4) is 28.7 Å². The van der Waals surface area contributed by atoms with E-state index < -0.39 is 0 Å². The molecule has 0 bridgehead atoms. The third kappa shape index (κ3) is 6.17. The molecular formula is C28H42NO7+. The number of hydrogen-bond donors (Lipinski definition) is 1. The van der Waals surface area contributed by atoms with Crippen LogP contribution < -0.4 is 23.7 Å². The van der Waals surface area contributed by atoms with Crippen molar-refractivity contribution in [2.75, 3.05) is 75.5 Å². The zero-order chi connectivity index (χ0) is 26.1. The molecule has 0 saturated carbocycles. The molecule has 0 aliphatic carbocycles. The minimum absolute atomic E-state index is 0.159. The van der Waals surface area contributed by atoms with Crippen molar-refractivity contribution >= 4 is 0 Å². The van der Waals surface area contributed by atoms with Gasteiger partial charge in [-0.15, -0.1) is 0 Å². The van der Waals surface area contributed by atoms with Gasteiger partial charge in [0.15, 0.2) is 23.0 Å². The van der Waals surface area contributed by atoms with Gasteiger partial charge in [0.2, 0.25) is 5.75 Å². The largest absolute Gasteiger partial charge is 0.493 e. The molecule has 0 aromatic heterocycles. The lowest BCUT2D eigenvalue weighted by Crippen LogP contribution is -2.52. The summed E-state index contributed by atoms with van der Waals surface area (Å²) in [5.74, 6) is 3.41. The summed E-state index contributed by atoms with van der Waals surface area (Å²) in [6, 6.07) is 8.54.